The molecule has 2 amide bonds. The first-order valence-electron chi connectivity index (χ1n) is 7.48. The summed E-state index contributed by atoms with van der Waals surface area (Å²) >= 11 is 0. The Hall–Kier alpha value is -2.11. The van der Waals surface area contributed by atoms with E-state index in [1.165, 1.54) is 11.3 Å². The van der Waals surface area contributed by atoms with Gasteiger partial charge < -0.3 is 11.1 Å². The molecule has 2 rings (SSSR count). The van der Waals surface area contributed by atoms with Crippen LogP contribution >= 0.6 is 0 Å². The summed E-state index contributed by atoms with van der Waals surface area (Å²) in [5.74, 6) is -0.216. The number of amides is 2. The monoisotopic (exact) mass is 289 g/mol. The van der Waals surface area contributed by atoms with E-state index >= 15 is 0 Å². The van der Waals surface area contributed by atoms with E-state index in [1.807, 2.05) is 12.1 Å². The van der Waals surface area contributed by atoms with Crippen molar-refractivity contribution in [2.75, 3.05) is 6.54 Å². The number of pyridine rings is 1. The SMILES string of the molecule is N=C(N)N(CCc1cccnc1)C(=O)NC1CCCCC1. The lowest BCUT2D eigenvalue weighted by molar-refractivity contribution is 0.212. The number of rotatable bonds is 4. The maximum Gasteiger partial charge on any atom is 0.324 e. The number of nitrogens with zero attached hydrogens (tertiary/aromatic N) is 2. The van der Waals surface area contributed by atoms with Crippen LogP contribution in [0.1, 0.15) is 37.7 Å². The van der Waals surface area contributed by atoms with Crippen LogP contribution in [-0.2, 0) is 6.42 Å². The first-order chi connectivity index (χ1) is 10.2. The highest BCUT2D eigenvalue weighted by atomic mass is 16.2. The van der Waals surface area contributed by atoms with Crippen LogP contribution in [0, 0.1) is 5.41 Å². The Bertz CT molecular complexity index is 470. The van der Waals surface area contributed by atoms with Gasteiger partial charge in [-0.3, -0.25) is 15.3 Å². The fourth-order valence-electron chi connectivity index (χ4n) is 2.62. The zero-order valence-corrected chi connectivity index (χ0v) is 12.2. The molecule has 1 saturated carbocycles. The Morgan fingerprint density at radius 1 is 1.43 bits per heavy atom. The topological polar surface area (TPSA) is 95.1 Å². The minimum atomic E-state index is -0.265. The van der Waals surface area contributed by atoms with E-state index in [2.05, 4.69) is 10.3 Å². The second kappa shape index (κ2) is 7.61. The maximum absolute atomic E-state index is 12.3. The van der Waals surface area contributed by atoms with Gasteiger partial charge >= 0.3 is 6.03 Å². The fraction of sp³-hybridized carbons (Fsp3) is 0.533. The molecule has 0 aliphatic heterocycles. The van der Waals surface area contributed by atoms with Crippen LogP contribution in [0.5, 0.6) is 0 Å². The van der Waals surface area contributed by atoms with Gasteiger partial charge in [0.25, 0.3) is 0 Å². The molecule has 0 spiro atoms. The van der Waals surface area contributed by atoms with Crippen LogP contribution in [0.2, 0.25) is 0 Å². The van der Waals surface area contributed by atoms with E-state index in [1.54, 1.807) is 12.4 Å². The van der Waals surface area contributed by atoms with Gasteiger partial charge in [-0.2, -0.15) is 0 Å². The summed E-state index contributed by atoms with van der Waals surface area (Å²) in [6, 6.07) is 3.75. The van der Waals surface area contributed by atoms with Crippen molar-refractivity contribution in [2.24, 2.45) is 5.73 Å². The number of aromatic nitrogens is 1. The number of guanidine groups is 1. The second-order valence-electron chi connectivity index (χ2n) is 5.43. The molecular formula is C15H23N5O. The third kappa shape index (κ3) is 4.73. The van der Waals surface area contributed by atoms with Gasteiger partial charge in [-0.25, -0.2) is 4.79 Å². The zero-order valence-electron chi connectivity index (χ0n) is 12.2. The highest BCUT2D eigenvalue weighted by Gasteiger charge is 2.21. The van der Waals surface area contributed by atoms with Gasteiger partial charge in [-0.1, -0.05) is 25.3 Å². The number of nitrogens with two attached hydrogens (primary N) is 1. The van der Waals surface area contributed by atoms with Crippen LogP contribution in [-0.4, -0.2) is 34.5 Å². The van der Waals surface area contributed by atoms with Crippen molar-refractivity contribution in [3.05, 3.63) is 30.1 Å². The predicted octanol–water partition coefficient (Wildman–Crippen LogP) is 1.86. The van der Waals surface area contributed by atoms with E-state index in [9.17, 15) is 4.79 Å². The van der Waals surface area contributed by atoms with Gasteiger partial charge in [-0.05, 0) is 30.9 Å². The van der Waals surface area contributed by atoms with Gasteiger partial charge in [0, 0.05) is 25.0 Å². The Balaban J connectivity index is 1.88. The summed E-state index contributed by atoms with van der Waals surface area (Å²) in [4.78, 5) is 17.6. The summed E-state index contributed by atoms with van der Waals surface area (Å²) in [6.07, 6.45) is 9.68. The average molecular weight is 289 g/mol. The Labute approximate surface area is 125 Å². The fourth-order valence-corrected chi connectivity index (χ4v) is 2.62. The normalized spacial score (nSPS) is 15.4. The van der Waals surface area contributed by atoms with Crippen molar-refractivity contribution < 1.29 is 4.79 Å². The molecule has 1 heterocycles. The lowest BCUT2D eigenvalue weighted by Gasteiger charge is -2.27. The van der Waals surface area contributed by atoms with E-state index < -0.39 is 0 Å². The van der Waals surface area contributed by atoms with Crippen molar-refractivity contribution in [3.8, 4) is 0 Å². The average Bonchev–Trinajstić information content (AvgIpc) is 2.49. The molecule has 0 radical (unpaired) electrons. The number of carbonyl (C=O) groups excluding carboxylic acids is 1. The number of hydrogen-bond donors (Lipinski definition) is 3. The van der Waals surface area contributed by atoms with Gasteiger partial charge in [0.15, 0.2) is 5.96 Å². The molecule has 0 bridgehead atoms. The summed E-state index contributed by atoms with van der Waals surface area (Å²) in [5, 5.41) is 10.6. The van der Waals surface area contributed by atoms with Crippen molar-refractivity contribution in [3.63, 3.8) is 0 Å². The van der Waals surface area contributed by atoms with Gasteiger partial charge in [0.2, 0.25) is 0 Å². The van der Waals surface area contributed by atoms with E-state index in [0.717, 1.165) is 31.2 Å². The number of hydrogen-bond acceptors (Lipinski definition) is 3. The maximum atomic E-state index is 12.3. The highest BCUT2D eigenvalue weighted by molar-refractivity contribution is 5.94. The molecule has 1 fully saturated rings. The van der Waals surface area contributed by atoms with Crippen molar-refractivity contribution >= 4 is 12.0 Å². The molecule has 1 aliphatic carbocycles. The molecule has 1 aliphatic rings. The smallest absolute Gasteiger partial charge is 0.324 e. The van der Waals surface area contributed by atoms with Crippen LogP contribution in [0.15, 0.2) is 24.5 Å². The summed E-state index contributed by atoms with van der Waals surface area (Å²) in [5.41, 5.74) is 6.56. The lowest BCUT2D eigenvalue weighted by atomic mass is 9.96. The molecule has 0 unspecified atom stereocenters. The lowest BCUT2D eigenvalue weighted by Crippen LogP contribution is -2.50. The first-order valence-corrected chi connectivity index (χ1v) is 7.48. The second-order valence-corrected chi connectivity index (χ2v) is 5.43. The number of nitrogens with one attached hydrogen (secondary N) is 2. The first kappa shape index (κ1) is 15.3. The van der Waals surface area contributed by atoms with Crippen molar-refractivity contribution in [1.82, 2.24) is 15.2 Å². The highest BCUT2D eigenvalue weighted by Crippen LogP contribution is 2.17. The Kier molecular flexibility index (Phi) is 5.54. The largest absolute Gasteiger partial charge is 0.370 e. The number of carbonyl (C=O) groups is 1. The quantitative estimate of drug-likeness (QED) is 0.583. The van der Waals surface area contributed by atoms with Gasteiger partial charge in [-0.15, -0.1) is 0 Å². The third-order valence-electron chi connectivity index (χ3n) is 3.82. The molecular weight excluding hydrogens is 266 g/mol. The molecule has 1 aromatic heterocycles. The van der Waals surface area contributed by atoms with Crippen molar-refractivity contribution in [1.29, 1.82) is 5.41 Å². The van der Waals surface area contributed by atoms with E-state index in [4.69, 9.17) is 11.1 Å². The molecule has 1 aromatic rings. The predicted molar refractivity (Wildman–Crippen MR) is 82.0 cm³/mol. The molecule has 114 valence electrons. The van der Waals surface area contributed by atoms with E-state index in [-0.39, 0.29) is 18.0 Å². The van der Waals surface area contributed by atoms with E-state index in [0.29, 0.717) is 13.0 Å². The van der Waals surface area contributed by atoms with Crippen LogP contribution in [0.25, 0.3) is 0 Å². The van der Waals surface area contributed by atoms with Crippen LogP contribution in [0.3, 0.4) is 0 Å². The Morgan fingerprint density at radius 3 is 2.81 bits per heavy atom. The summed E-state index contributed by atoms with van der Waals surface area (Å²) in [6.45, 7) is 0.388. The standard InChI is InChI=1S/C15H23N5O/c16-14(17)20(10-8-12-5-4-9-18-11-12)15(21)19-13-6-2-1-3-7-13/h4-5,9,11,13H,1-3,6-8,10H2,(H3,16,17)(H,19,21). The molecule has 0 saturated heterocycles. The third-order valence-corrected chi connectivity index (χ3v) is 3.82. The van der Waals surface area contributed by atoms with Gasteiger partial charge in [0.05, 0.1) is 0 Å². The molecule has 6 heteroatoms. The molecule has 6 nitrogen and oxygen atoms in total. The van der Waals surface area contributed by atoms with Crippen LogP contribution < -0.4 is 11.1 Å². The van der Waals surface area contributed by atoms with Gasteiger partial charge in [0.1, 0.15) is 0 Å². The van der Waals surface area contributed by atoms with Crippen LogP contribution in [0.4, 0.5) is 4.79 Å². The summed E-state index contributed by atoms with van der Waals surface area (Å²) in [7, 11) is 0. The molecule has 0 aromatic carbocycles. The summed E-state index contributed by atoms with van der Waals surface area (Å²) < 4.78 is 0. The van der Waals surface area contributed by atoms with Crippen molar-refractivity contribution in [2.45, 2.75) is 44.6 Å². The number of urea groups is 1. The molecule has 4 N–H and O–H groups in total. The molecule has 0 atom stereocenters. The minimum Gasteiger partial charge on any atom is -0.370 e. The zero-order chi connectivity index (χ0) is 15.1. The molecule has 21 heavy (non-hydrogen) atoms. The Morgan fingerprint density at radius 2 is 2.19 bits per heavy atom. The minimum absolute atomic E-state index is 0.214.